The van der Waals surface area contributed by atoms with E-state index in [0.717, 1.165) is 4.47 Å². The van der Waals surface area contributed by atoms with Crippen LogP contribution in [0.1, 0.15) is 38.3 Å². The van der Waals surface area contributed by atoms with Gasteiger partial charge >= 0.3 is 5.97 Å². The number of carbonyl (C=O) groups excluding carboxylic acids is 1. The van der Waals surface area contributed by atoms with Crippen LogP contribution in [0.15, 0.2) is 45.3 Å². The Hall–Kier alpha value is -1.85. The van der Waals surface area contributed by atoms with E-state index in [2.05, 4.69) is 61.6 Å². The lowest BCUT2D eigenvalue weighted by Gasteiger charge is -2.05. The Morgan fingerprint density at radius 2 is 1.33 bits per heavy atom. The van der Waals surface area contributed by atoms with Gasteiger partial charge in [0.2, 0.25) is 0 Å². The first-order chi connectivity index (χ1) is 14.1. The first-order valence-electron chi connectivity index (χ1n) is 8.63. The number of ether oxygens (including phenoxy) is 1. The van der Waals surface area contributed by atoms with Gasteiger partial charge in [0.05, 0.1) is 21.0 Å². The molecule has 0 fully saturated rings. The smallest absolute Gasteiger partial charge is 0.302 e. The summed E-state index contributed by atoms with van der Waals surface area (Å²) in [5.74, 6) is -0.472. The molecule has 2 aromatic carbocycles. The SMILES string of the molecule is CC(=O)OCc1c(Br)cccc1[N+](=O)[O-].CCC.O=[N+]([O-])c1cccc(Br)c1CBr. The van der Waals surface area contributed by atoms with Crippen LogP contribution in [0.25, 0.3) is 0 Å². The van der Waals surface area contributed by atoms with Crippen LogP contribution in [0.2, 0.25) is 0 Å². The van der Waals surface area contributed by atoms with E-state index in [1.165, 1.54) is 25.5 Å². The third-order valence-corrected chi connectivity index (χ3v) is 5.18. The minimum absolute atomic E-state index is 0.0642. The van der Waals surface area contributed by atoms with Crippen molar-refractivity contribution >= 4 is 65.1 Å². The van der Waals surface area contributed by atoms with Crippen molar-refractivity contribution in [2.45, 2.75) is 39.1 Å². The Kier molecular flexibility index (Phi) is 14.1. The molecule has 0 N–H and O–H groups in total. The number of rotatable bonds is 5. The second-order valence-corrected chi connectivity index (χ2v) is 7.88. The Morgan fingerprint density at radius 3 is 1.67 bits per heavy atom. The maximum absolute atomic E-state index is 10.7. The Morgan fingerprint density at radius 1 is 0.933 bits per heavy atom. The van der Waals surface area contributed by atoms with Gasteiger partial charge in [-0.15, -0.1) is 0 Å². The molecule has 0 aliphatic rings. The van der Waals surface area contributed by atoms with Crippen LogP contribution in [0.4, 0.5) is 11.4 Å². The zero-order valence-electron chi connectivity index (χ0n) is 16.6. The molecule has 11 heteroatoms. The number of hydrogen-bond acceptors (Lipinski definition) is 6. The van der Waals surface area contributed by atoms with E-state index >= 15 is 0 Å². The molecule has 0 aromatic heterocycles. The van der Waals surface area contributed by atoms with Crippen LogP contribution in [0.3, 0.4) is 0 Å². The molecule has 0 saturated heterocycles. The molecule has 164 valence electrons. The molecule has 0 spiro atoms. The molecule has 2 rings (SSSR count). The molecule has 30 heavy (non-hydrogen) atoms. The first-order valence-corrected chi connectivity index (χ1v) is 11.3. The molecule has 2 aromatic rings. The zero-order valence-corrected chi connectivity index (χ0v) is 21.3. The highest BCUT2D eigenvalue weighted by Gasteiger charge is 2.17. The molecule has 0 aliphatic carbocycles. The molecule has 0 atom stereocenters. The number of hydrogen-bond donors (Lipinski definition) is 0. The number of nitrogens with zero attached hydrogens (tertiary/aromatic N) is 2. The minimum Gasteiger partial charge on any atom is -0.461 e. The normalized spacial score (nSPS) is 9.40. The van der Waals surface area contributed by atoms with Crippen LogP contribution < -0.4 is 0 Å². The highest BCUT2D eigenvalue weighted by Crippen LogP contribution is 2.28. The fraction of sp³-hybridized carbons (Fsp3) is 0.316. The van der Waals surface area contributed by atoms with Crippen molar-refractivity contribution in [3.8, 4) is 0 Å². The summed E-state index contributed by atoms with van der Waals surface area (Å²) in [5.41, 5.74) is 1.10. The van der Waals surface area contributed by atoms with Crippen molar-refractivity contribution in [2.75, 3.05) is 0 Å². The molecular formula is C19H21Br3N2O6. The van der Waals surface area contributed by atoms with Crippen molar-refractivity contribution < 1.29 is 19.4 Å². The lowest BCUT2D eigenvalue weighted by molar-refractivity contribution is -0.386. The highest BCUT2D eigenvalue weighted by molar-refractivity contribution is 9.11. The largest absolute Gasteiger partial charge is 0.461 e. The summed E-state index contributed by atoms with van der Waals surface area (Å²) in [5, 5.41) is 21.6. The summed E-state index contributed by atoms with van der Waals surface area (Å²) < 4.78 is 6.04. The number of esters is 1. The van der Waals surface area contributed by atoms with Gasteiger partial charge < -0.3 is 4.74 Å². The Bertz CT molecular complexity index is 877. The molecule has 0 heterocycles. The number of halogens is 3. The summed E-state index contributed by atoms with van der Waals surface area (Å²) in [6.07, 6.45) is 1.25. The monoisotopic (exact) mass is 610 g/mol. The van der Waals surface area contributed by atoms with Gasteiger partial charge in [0.25, 0.3) is 11.4 Å². The fourth-order valence-corrected chi connectivity index (χ4v) is 3.82. The van der Waals surface area contributed by atoms with Crippen molar-refractivity contribution in [3.63, 3.8) is 0 Å². The van der Waals surface area contributed by atoms with E-state index in [-0.39, 0.29) is 22.9 Å². The number of alkyl halides is 1. The van der Waals surface area contributed by atoms with Gasteiger partial charge in [-0.2, -0.15) is 0 Å². The van der Waals surface area contributed by atoms with Crippen LogP contribution in [0, 0.1) is 20.2 Å². The zero-order chi connectivity index (χ0) is 23.3. The number of nitro groups is 2. The third kappa shape index (κ3) is 9.77. The second kappa shape index (κ2) is 15.0. The number of nitro benzene ring substituents is 2. The van der Waals surface area contributed by atoms with Gasteiger partial charge in [0.1, 0.15) is 6.61 Å². The number of benzene rings is 2. The van der Waals surface area contributed by atoms with Crippen LogP contribution in [-0.4, -0.2) is 15.8 Å². The lowest BCUT2D eigenvalue weighted by atomic mass is 10.2. The van der Waals surface area contributed by atoms with Gasteiger partial charge in [-0.05, 0) is 12.1 Å². The van der Waals surface area contributed by atoms with E-state index in [9.17, 15) is 25.0 Å². The quantitative estimate of drug-likeness (QED) is 0.154. The van der Waals surface area contributed by atoms with E-state index in [1.807, 2.05) is 0 Å². The number of carbonyl (C=O) groups is 1. The van der Waals surface area contributed by atoms with Gasteiger partial charge in [-0.25, -0.2) is 0 Å². The second-order valence-electron chi connectivity index (χ2n) is 5.61. The highest BCUT2D eigenvalue weighted by atomic mass is 79.9. The van der Waals surface area contributed by atoms with Crippen molar-refractivity contribution in [3.05, 3.63) is 76.7 Å². The average Bonchev–Trinajstić information content (AvgIpc) is 2.67. The summed E-state index contributed by atoms with van der Waals surface area (Å²) in [7, 11) is 0. The van der Waals surface area contributed by atoms with E-state index in [0.29, 0.717) is 20.9 Å². The Balaban J connectivity index is 0.000000505. The van der Waals surface area contributed by atoms with E-state index in [4.69, 9.17) is 4.74 Å². The molecule has 0 saturated carbocycles. The molecule has 0 unspecified atom stereocenters. The van der Waals surface area contributed by atoms with Crippen molar-refractivity contribution in [1.29, 1.82) is 0 Å². The predicted octanol–water partition coefficient (Wildman–Crippen LogP) is 7.09. The molecular weight excluding hydrogens is 592 g/mol. The first kappa shape index (κ1) is 28.2. The van der Waals surface area contributed by atoms with Crippen molar-refractivity contribution in [2.24, 2.45) is 0 Å². The van der Waals surface area contributed by atoms with E-state index in [1.54, 1.807) is 24.3 Å². The molecule has 8 nitrogen and oxygen atoms in total. The standard InChI is InChI=1S/C9H8BrNO4.C7H5Br2NO2.C3H8/c1-6(12)15-5-7-8(10)3-2-4-9(7)11(13)14;8-4-5-6(9)2-1-3-7(5)10(11)12;1-3-2/h2-4H,5H2,1H3;1-3H,4H2;3H2,1-2H3. The average molecular weight is 613 g/mol. The van der Waals surface area contributed by atoms with Gasteiger partial charge in [-0.3, -0.25) is 25.0 Å². The van der Waals surface area contributed by atoms with Gasteiger partial charge in [0, 0.05) is 33.3 Å². The minimum atomic E-state index is -0.510. The maximum atomic E-state index is 10.7. The fourth-order valence-electron chi connectivity index (χ4n) is 1.89. The van der Waals surface area contributed by atoms with Crippen LogP contribution >= 0.6 is 47.8 Å². The summed E-state index contributed by atoms with van der Waals surface area (Å²) >= 11 is 9.60. The summed E-state index contributed by atoms with van der Waals surface area (Å²) in [6, 6.07) is 9.49. The maximum Gasteiger partial charge on any atom is 0.302 e. The Labute approximate surface area is 199 Å². The van der Waals surface area contributed by atoms with Crippen molar-refractivity contribution in [1.82, 2.24) is 0 Å². The molecule has 0 bridgehead atoms. The summed E-state index contributed by atoms with van der Waals surface area (Å²) in [4.78, 5) is 30.9. The third-order valence-electron chi connectivity index (χ3n) is 3.14. The van der Waals surface area contributed by atoms with Crippen LogP contribution in [-0.2, 0) is 21.5 Å². The molecule has 0 radical (unpaired) electrons. The van der Waals surface area contributed by atoms with Crippen LogP contribution in [0.5, 0.6) is 0 Å². The summed E-state index contributed by atoms with van der Waals surface area (Å²) in [6.45, 7) is 5.40. The van der Waals surface area contributed by atoms with E-state index < -0.39 is 10.9 Å². The molecule has 0 aliphatic heterocycles. The topological polar surface area (TPSA) is 113 Å². The van der Waals surface area contributed by atoms with Gasteiger partial charge in [-0.1, -0.05) is 80.2 Å². The van der Waals surface area contributed by atoms with Gasteiger partial charge in [0.15, 0.2) is 0 Å². The molecule has 0 amide bonds. The lowest BCUT2D eigenvalue weighted by Crippen LogP contribution is -2.02. The predicted molar refractivity (Wildman–Crippen MR) is 126 cm³/mol.